The van der Waals surface area contributed by atoms with Crippen molar-refractivity contribution in [1.82, 2.24) is 5.48 Å². The highest BCUT2D eigenvalue weighted by Crippen LogP contribution is 2.20. The molecule has 1 aliphatic heterocycles. The van der Waals surface area contributed by atoms with Crippen LogP contribution in [0.3, 0.4) is 0 Å². The van der Waals surface area contributed by atoms with E-state index in [0.29, 0.717) is 30.2 Å². The fourth-order valence-electron chi connectivity index (χ4n) is 2.50. The van der Waals surface area contributed by atoms with Crippen LogP contribution in [0.25, 0.3) is 0 Å². The predicted octanol–water partition coefficient (Wildman–Crippen LogP) is 2.51. The topological polar surface area (TPSA) is 77.1 Å². The fourth-order valence-corrected chi connectivity index (χ4v) is 2.50. The van der Waals surface area contributed by atoms with Crippen LogP contribution in [-0.4, -0.2) is 32.3 Å². The molecule has 2 aromatic rings. The summed E-state index contributed by atoms with van der Waals surface area (Å²) in [5.74, 6) is 0.288. The van der Waals surface area contributed by atoms with E-state index >= 15 is 0 Å². The van der Waals surface area contributed by atoms with Gasteiger partial charge in [0.15, 0.2) is 0 Å². The van der Waals surface area contributed by atoms with Crippen LogP contribution < -0.4 is 15.1 Å². The maximum atomic E-state index is 12.2. The zero-order valence-corrected chi connectivity index (χ0v) is 13.7. The standard InChI is InChI=1S/C18H18N2O5/c1-23-16-8-3-2-5-14(16)12-25-19-17(21)13-6-4-7-15(11-13)20-9-10-24-18(20)22/h2-8,11H,9-10,12H2,1H3,(H,19,21). The largest absolute Gasteiger partial charge is 0.496 e. The molecule has 0 spiro atoms. The maximum absolute atomic E-state index is 12.2. The molecule has 7 nitrogen and oxygen atoms in total. The van der Waals surface area contributed by atoms with Crippen LogP contribution in [0, 0.1) is 0 Å². The van der Waals surface area contributed by atoms with Gasteiger partial charge in [-0.05, 0) is 24.3 Å². The fraction of sp³-hybridized carbons (Fsp3) is 0.222. The van der Waals surface area contributed by atoms with Crippen molar-refractivity contribution in [2.24, 2.45) is 0 Å². The number of para-hydroxylation sites is 1. The summed E-state index contributed by atoms with van der Waals surface area (Å²) in [7, 11) is 1.58. The number of methoxy groups -OCH3 is 1. The molecule has 1 saturated heterocycles. The highest BCUT2D eigenvalue weighted by Gasteiger charge is 2.24. The molecule has 0 bridgehead atoms. The van der Waals surface area contributed by atoms with E-state index in [1.807, 2.05) is 24.3 Å². The SMILES string of the molecule is COc1ccccc1CONC(=O)c1cccc(N2CCOC2=O)c1. The van der Waals surface area contributed by atoms with Crippen LogP contribution in [0.1, 0.15) is 15.9 Å². The van der Waals surface area contributed by atoms with E-state index in [2.05, 4.69) is 5.48 Å². The number of cyclic esters (lactones) is 1. The van der Waals surface area contributed by atoms with Crippen LogP contribution in [0.15, 0.2) is 48.5 Å². The zero-order valence-electron chi connectivity index (χ0n) is 13.7. The van der Waals surface area contributed by atoms with Crippen LogP contribution in [0.4, 0.5) is 10.5 Å². The van der Waals surface area contributed by atoms with E-state index in [1.165, 1.54) is 4.90 Å². The predicted molar refractivity (Wildman–Crippen MR) is 90.4 cm³/mol. The van der Waals surface area contributed by atoms with E-state index in [4.69, 9.17) is 14.3 Å². The summed E-state index contributed by atoms with van der Waals surface area (Å²) < 4.78 is 10.1. The van der Waals surface area contributed by atoms with Gasteiger partial charge in [-0.2, -0.15) is 0 Å². The molecule has 25 heavy (non-hydrogen) atoms. The Morgan fingerprint density at radius 2 is 2.08 bits per heavy atom. The van der Waals surface area contributed by atoms with Crippen molar-refractivity contribution in [3.8, 4) is 5.75 Å². The van der Waals surface area contributed by atoms with Gasteiger partial charge in [-0.3, -0.25) is 14.5 Å². The molecular formula is C18H18N2O5. The Labute approximate surface area is 145 Å². The summed E-state index contributed by atoms with van der Waals surface area (Å²) in [4.78, 5) is 30.6. The second kappa shape index (κ2) is 7.67. The number of hydrogen-bond donors (Lipinski definition) is 1. The lowest BCUT2D eigenvalue weighted by molar-refractivity contribution is 0.0227. The third-order valence-corrected chi connectivity index (χ3v) is 3.77. The smallest absolute Gasteiger partial charge is 0.414 e. The number of carbonyl (C=O) groups is 2. The molecular weight excluding hydrogens is 324 g/mol. The van der Waals surface area contributed by atoms with Gasteiger partial charge in [0.05, 0.1) is 13.7 Å². The van der Waals surface area contributed by atoms with Crippen molar-refractivity contribution in [3.63, 3.8) is 0 Å². The molecule has 2 aromatic carbocycles. The van der Waals surface area contributed by atoms with Crippen molar-refractivity contribution >= 4 is 17.7 Å². The second-order valence-corrected chi connectivity index (χ2v) is 5.35. The van der Waals surface area contributed by atoms with E-state index in [1.54, 1.807) is 31.4 Å². The molecule has 1 aliphatic rings. The first kappa shape index (κ1) is 16.8. The summed E-state index contributed by atoms with van der Waals surface area (Å²) in [5.41, 5.74) is 4.21. The van der Waals surface area contributed by atoms with Crippen molar-refractivity contribution < 1.29 is 23.9 Å². The molecule has 0 unspecified atom stereocenters. The average Bonchev–Trinajstić information content (AvgIpc) is 3.08. The summed E-state index contributed by atoms with van der Waals surface area (Å²) in [5, 5.41) is 0. The summed E-state index contributed by atoms with van der Waals surface area (Å²) >= 11 is 0. The number of benzene rings is 2. The van der Waals surface area contributed by atoms with Crippen LogP contribution in [0.2, 0.25) is 0 Å². The van der Waals surface area contributed by atoms with Crippen LogP contribution in [-0.2, 0) is 16.2 Å². The van der Waals surface area contributed by atoms with Gasteiger partial charge < -0.3 is 9.47 Å². The Hall–Kier alpha value is -3.06. The van der Waals surface area contributed by atoms with Crippen molar-refractivity contribution in [2.75, 3.05) is 25.2 Å². The minimum Gasteiger partial charge on any atom is -0.496 e. The van der Waals surface area contributed by atoms with Crippen LogP contribution in [0.5, 0.6) is 5.75 Å². The lowest BCUT2D eigenvalue weighted by Gasteiger charge is -2.14. The Bertz CT molecular complexity index is 778. The zero-order chi connectivity index (χ0) is 17.6. The van der Waals surface area contributed by atoms with E-state index in [-0.39, 0.29) is 6.61 Å². The molecule has 0 aromatic heterocycles. The number of hydroxylamine groups is 1. The number of anilines is 1. The Morgan fingerprint density at radius 1 is 1.24 bits per heavy atom. The van der Waals surface area contributed by atoms with Gasteiger partial charge in [-0.1, -0.05) is 24.3 Å². The summed E-state index contributed by atoms with van der Waals surface area (Å²) in [6, 6.07) is 14.1. The Kier molecular flexibility index (Phi) is 5.15. The molecule has 7 heteroatoms. The first-order valence-corrected chi connectivity index (χ1v) is 7.77. The van der Waals surface area contributed by atoms with Crippen molar-refractivity contribution in [1.29, 1.82) is 0 Å². The van der Waals surface area contributed by atoms with Gasteiger partial charge in [0.1, 0.15) is 19.0 Å². The number of nitrogens with zero attached hydrogens (tertiary/aromatic N) is 1. The molecule has 2 amide bonds. The highest BCUT2D eigenvalue weighted by molar-refractivity contribution is 5.96. The van der Waals surface area contributed by atoms with Gasteiger partial charge >= 0.3 is 6.09 Å². The van der Waals surface area contributed by atoms with E-state index in [0.717, 1.165) is 5.56 Å². The first-order valence-electron chi connectivity index (χ1n) is 7.77. The molecule has 130 valence electrons. The minimum atomic E-state index is -0.412. The highest BCUT2D eigenvalue weighted by atomic mass is 16.7. The molecule has 0 radical (unpaired) electrons. The molecule has 1 N–H and O–H groups in total. The quantitative estimate of drug-likeness (QED) is 0.816. The summed E-state index contributed by atoms with van der Waals surface area (Å²) in [6.45, 7) is 0.985. The van der Waals surface area contributed by atoms with Gasteiger partial charge in [0.2, 0.25) is 0 Å². The lowest BCUT2D eigenvalue weighted by atomic mass is 10.2. The third kappa shape index (κ3) is 3.89. The number of carbonyl (C=O) groups excluding carboxylic acids is 2. The molecule has 1 fully saturated rings. The third-order valence-electron chi connectivity index (χ3n) is 3.77. The molecule has 0 aliphatic carbocycles. The van der Waals surface area contributed by atoms with E-state index in [9.17, 15) is 9.59 Å². The van der Waals surface area contributed by atoms with Gasteiger partial charge in [0.25, 0.3) is 5.91 Å². The number of hydrogen-bond acceptors (Lipinski definition) is 5. The van der Waals surface area contributed by atoms with Gasteiger partial charge in [0, 0.05) is 16.8 Å². The lowest BCUT2D eigenvalue weighted by Crippen LogP contribution is -2.26. The van der Waals surface area contributed by atoms with E-state index < -0.39 is 12.0 Å². The molecule has 0 saturated carbocycles. The number of nitrogens with one attached hydrogen (secondary N) is 1. The van der Waals surface area contributed by atoms with Crippen LogP contribution >= 0.6 is 0 Å². The average molecular weight is 342 g/mol. The number of rotatable bonds is 6. The normalized spacial score (nSPS) is 13.5. The van der Waals surface area contributed by atoms with Gasteiger partial charge in [-0.15, -0.1) is 0 Å². The van der Waals surface area contributed by atoms with Crippen molar-refractivity contribution in [3.05, 3.63) is 59.7 Å². The summed E-state index contributed by atoms with van der Waals surface area (Å²) in [6.07, 6.45) is -0.412. The molecule has 1 heterocycles. The molecule has 3 rings (SSSR count). The monoisotopic (exact) mass is 342 g/mol. The first-order chi connectivity index (χ1) is 12.2. The Balaban J connectivity index is 1.61. The number of ether oxygens (including phenoxy) is 2. The Morgan fingerprint density at radius 3 is 2.84 bits per heavy atom. The maximum Gasteiger partial charge on any atom is 0.414 e. The molecule has 0 atom stereocenters. The van der Waals surface area contributed by atoms with Crippen molar-refractivity contribution in [2.45, 2.75) is 6.61 Å². The second-order valence-electron chi connectivity index (χ2n) is 5.35. The van der Waals surface area contributed by atoms with Gasteiger partial charge in [-0.25, -0.2) is 10.3 Å². The minimum absolute atomic E-state index is 0.174. The number of amides is 2.